The number of nitrogens with two attached hydrogens (primary N) is 1. The Morgan fingerprint density at radius 2 is 2.18 bits per heavy atom. The number of aromatic nitrogens is 2. The number of benzene rings is 1. The third-order valence-electron chi connectivity index (χ3n) is 5.51. The highest BCUT2D eigenvalue weighted by molar-refractivity contribution is 5.84. The van der Waals surface area contributed by atoms with Gasteiger partial charge in [-0.15, -0.1) is 0 Å². The summed E-state index contributed by atoms with van der Waals surface area (Å²) < 4.78 is 2.12. The first-order valence-electron chi connectivity index (χ1n) is 9.51. The fourth-order valence-corrected chi connectivity index (χ4v) is 4.10. The van der Waals surface area contributed by atoms with Gasteiger partial charge in [-0.05, 0) is 36.1 Å². The molecule has 28 heavy (non-hydrogen) atoms. The number of amides is 1. The lowest BCUT2D eigenvalue weighted by Crippen LogP contribution is -2.31. The van der Waals surface area contributed by atoms with Crippen molar-refractivity contribution in [1.82, 2.24) is 14.5 Å². The number of nitrogens with zero attached hydrogens (tertiary/aromatic N) is 4. The standard InChI is InChI=1S/C22H23N5O/c1-15-20(10-23)18-6-8-26(12-16(18)11-25-15)13-17-14-27(9-7-22(24)28)21-5-3-2-4-19(17)21/h2-5,11,14H,6-9,12-13H2,1H3,(H2,24,28). The van der Waals surface area contributed by atoms with E-state index in [1.807, 2.05) is 25.3 Å². The molecule has 0 saturated heterocycles. The van der Waals surface area contributed by atoms with Crippen LogP contribution in [0.25, 0.3) is 10.9 Å². The number of primary amides is 1. The summed E-state index contributed by atoms with van der Waals surface area (Å²) in [4.78, 5) is 18.0. The van der Waals surface area contributed by atoms with Gasteiger partial charge < -0.3 is 10.3 Å². The van der Waals surface area contributed by atoms with Gasteiger partial charge in [0, 0.05) is 55.9 Å². The molecular formula is C22H23N5O. The maximum Gasteiger partial charge on any atom is 0.219 e. The molecule has 2 N–H and O–H groups in total. The molecule has 0 spiro atoms. The number of carbonyl (C=O) groups excluding carboxylic acids is 1. The molecule has 1 aromatic carbocycles. The van der Waals surface area contributed by atoms with Crippen LogP contribution in [0.15, 0.2) is 36.7 Å². The van der Waals surface area contributed by atoms with Crippen LogP contribution in [0.4, 0.5) is 0 Å². The van der Waals surface area contributed by atoms with E-state index in [0.29, 0.717) is 13.0 Å². The Labute approximate surface area is 164 Å². The van der Waals surface area contributed by atoms with Crippen LogP contribution in [0.3, 0.4) is 0 Å². The van der Waals surface area contributed by atoms with Crippen molar-refractivity contribution in [2.24, 2.45) is 5.73 Å². The van der Waals surface area contributed by atoms with Gasteiger partial charge in [0.15, 0.2) is 0 Å². The van der Waals surface area contributed by atoms with E-state index in [-0.39, 0.29) is 5.91 Å². The SMILES string of the molecule is Cc1ncc2c(c1C#N)CCN(Cc1cn(CCC(N)=O)c3ccccc13)C2. The Hall–Kier alpha value is -3.17. The summed E-state index contributed by atoms with van der Waals surface area (Å²) in [5.41, 5.74) is 11.5. The highest BCUT2D eigenvalue weighted by Gasteiger charge is 2.22. The third-order valence-corrected chi connectivity index (χ3v) is 5.51. The number of aryl methyl sites for hydroxylation is 2. The highest BCUT2D eigenvalue weighted by Crippen LogP contribution is 2.27. The summed E-state index contributed by atoms with van der Waals surface area (Å²) in [6, 6.07) is 10.6. The molecule has 0 fully saturated rings. The monoisotopic (exact) mass is 373 g/mol. The number of hydrogen-bond donors (Lipinski definition) is 1. The third kappa shape index (κ3) is 3.37. The van der Waals surface area contributed by atoms with Crippen molar-refractivity contribution in [2.75, 3.05) is 6.54 Å². The summed E-state index contributed by atoms with van der Waals surface area (Å²) in [5, 5.41) is 10.7. The molecule has 2 aromatic heterocycles. The number of pyridine rings is 1. The maximum atomic E-state index is 11.2. The van der Waals surface area contributed by atoms with Gasteiger partial charge in [0.2, 0.25) is 5.91 Å². The number of nitriles is 1. The smallest absolute Gasteiger partial charge is 0.219 e. The normalized spacial score (nSPS) is 14.0. The van der Waals surface area contributed by atoms with Crippen LogP contribution in [0.2, 0.25) is 0 Å². The first-order valence-corrected chi connectivity index (χ1v) is 9.51. The minimum Gasteiger partial charge on any atom is -0.370 e. The molecule has 0 saturated carbocycles. The van der Waals surface area contributed by atoms with Gasteiger partial charge >= 0.3 is 0 Å². The van der Waals surface area contributed by atoms with Gasteiger partial charge in [-0.1, -0.05) is 18.2 Å². The predicted octanol–water partition coefficient (Wildman–Crippen LogP) is 2.65. The molecule has 142 valence electrons. The van der Waals surface area contributed by atoms with Gasteiger partial charge in [-0.25, -0.2) is 0 Å². The molecule has 0 atom stereocenters. The van der Waals surface area contributed by atoms with Crippen LogP contribution < -0.4 is 5.73 Å². The topological polar surface area (TPSA) is 87.9 Å². The van der Waals surface area contributed by atoms with Crippen molar-refractivity contribution >= 4 is 16.8 Å². The van der Waals surface area contributed by atoms with Crippen LogP contribution in [-0.4, -0.2) is 26.9 Å². The first kappa shape index (κ1) is 18.2. The van der Waals surface area contributed by atoms with Crippen molar-refractivity contribution in [3.63, 3.8) is 0 Å². The summed E-state index contributed by atoms with van der Waals surface area (Å²) >= 11 is 0. The highest BCUT2D eigenvalue weighted by atomic mass is 16.1. The molecule has 6 heteroatoms. The van der Waals surface area contributed by atoms with Gasteiger partial charge in [0.05, 0.1) is 11.3 Å². The van der Waals surface area contributed by atoms with Gasteiger partial charge in [-0.2, -0.15) is 5.26 Å². The molecule has 1 aliphatic heterocycles. The molecule has 0 bridgehead atoms. The van der Waals surface area contributed by atoms with Crippen molar-refractivity contribution in [3.05, 3.63) is 64.6 Å². The van der Waals surface area contributed by atoms with Crippen LogP contribution >= 0.6 is 0 Å². The van der Waals surface area contributed by atoms with E-state index in [2.05, 4.69) is 38.8 Å². The van der Waals surface area contributed by atoms with Gasteiger partial charge in [0.1, 0.15) is 6.07 Å². The second kappa shape index (κ2) is 7.45. The lowest BCUT2D eigenvalue weighted by atomic mass is 9.95. The molecule has 1 aliphatic rings. The zero-order valence-corrected chi connectivity index (χ0v) is 16.0. The zero-order chi connectivity index (χ0) is 19.7. The van der Waals surface area contributed by atoms with Crippen molar-refractivity contribution in [2.45, 2.75) is 39.4 Å². The second-order valence-electron chi connectivity index (χ2n) is 7.38. The molecule has 6 nitrogen and oxygen atoms in total. The van der Waals surface area contributed by atoms with E-state index in [0.717, 1.165) is 54.0 Å². The quantitative estimate of drug-likeness (QED) is 0.745. The first-order chi connectivity index (χ1) is 13.6. The minimum absolute atomic E-state index is 0.289. The van der Waals surface area contributed by atoms with Crippen LogP contribution in [-0.2, 0) is 30.8 Å². The number of rotatable bonds is 5. The van der Waals surface area contributed by atoms with Gasteiger partial charge in [-0.3, -0.25) is 14.7 Å². The van der Waals surface area contributed by atoms with Crippen molar-refractivity contribution in [1.29, 1.82) is 5.26 Å². The van der Waals surface area contributed by atoms with Crippen molar-refractivity contribution in [3.8, 4) is 6.07 Å². The molecule has 0 unspecified atom stereocenters. The Kier molecular flexibility index (Phi) is 4.84. The van der Waals surface area contributed by atoms with E-state index >= 15 is 0 Å². The van der Waals surface area contributed by atoms with E-state index in [1.54, 1.807) is 0 Å². The molecule has 4 rings (SSSR count). The van der Waals surface area contributed by atoms with Gasteiger partial charge in [0.25, 0.3) is 0 Å². The van der Waals surface area contributed by atoms with E-state index < -0.39 is 0 Å². The zero-order valence-electron chi connectivity index (χ0n) is 16.0. The fourth-order valence-electron chi connectivity index (χ4n) is 4.10. The molecular weight excluding hydrogens is 350 g/mol. The number of fused-ring (bicyclic) bond motifs is 2. The summed E-state index contributed by atoms with van der Waals surface area (Å²) in [5.74, 6) is -0.289. The average molecular weight is 373 g/mol. The average Bonchev–Trinajstić information content (AvgIpc) is 3.04. The lowest BCUT2D eigenvalue weighted by molar-refractivity contribution is -0.118. The van der Waals surface area contributed by atoms with E-state index in [4.69, 9.17) is 5.73 Å². The van der Waals surface area contributed by atoms with Crippen LogP contribution in [0, 0.1) is 18.3 Å². The maximum absolute atomic E-state index is 11.2. The number of carbonyl (C=O) groups is 1. The summed E-state index contributed by atoms with van der Waals surface area (Å²) in [7, 11) is 0. The summed E-state index contributed by atoms with van der Waals surface area (Å²) in [6.45, 7) is 5.00. The molecule has 0 aliphatic carbocycles. The fraction of sp³-hybridized carbons (Fsp3) is 0.318. The summed E-state index contributed by atoms with van der Waals surface area (Å²) in [6.07, 6.45) is 5.24. The lowest BCUT2D eigenvalue weighted by Gasteiger charge is -2.29. The van der Waals surface area contributed by atoms with Crippen molar-refractivity contribution < 1.29 is 4.79 Å². The molecule has 3 heterocycles. The van der Waals surface area contributed by atoms with Crippen LogP contribution in [0.1, 0.15) is 34.4 Å². The molecule has 0 radical (unpaired) electrons. The predicted molar refractivity (Wildman–Crippen MR) is 107 cm³/mol. The van der Waals surface area contributed by atoms with Crippen LogP contribution in [0.5, 0.6) is 0 Å². The Morgan fingerprint density at radius 3 is 2.96 bits per heavy atom. The van der Waals surface area contributed by atoms with E-state index in [9.17, 15) is 10.1 Å². The second-order valence-corrected chi connectivity index (χ2v) is 7.38. The van der Waals surface area contributed by atoms with E-state index in [1.165, 1.54) is 10.9 Å². The Morgan fingerprint density at radius 1 is 1.36 bits per heavy atom. The molecule has 3 aromatic rings. The number of hydrogen-bond acceptors (Lipinski definition) is 4. The Bertz CT molecular complexity index is 1090. The largest absolute Gasteiger partial charge is 0.370 e. The number of para-hydroxylation sites is 1. The Balaban J connectivity index is 1.59. The molecule has 1 amide bonds. The minimum atomic E-state index is -0.289.